The van der Waals surface area contributed by atoms with Gasteiger partial charge in [-0.2, -0.15) is 13.2 Å². The average molecular weight is 435 g/mol. The summed E-state index contributed by atoms with van der Waals surface area (Å²) in [6.45, 7) is 4.11. The van der Waals surface area contributed by atoms with Crippen molar-refractivity contribution in [2.24, 2.45) is 0 Å². The first-order chi connectivity index (χ1) is 12.4. The second kappa shape index (κ2) is 8.20. The Balaban J connectivity index is 2.18. The van der Waals surface area contributed by atoms with Crippen molar-refractivity contribution >= 4 is 37.2 Å². The number of rotatable bonds is 5. The third-order valence-corrected chi connectivity index (χ3v) is 7.06. The molecule has 0 bridgehead atoms. The van der Waals surface area contributed by atoms with Crippen LogP contribution < -0.4 is 0 Å². The van der Waals surface area contributed by atoms with E-state index in [1.54, 1.807) is 6.07 Å². The van der Waals surface area contributed by atoms with E-state index in [0.29, 0.717) is 22.3 Å². The Hall–Kier alpha value is -1.57. The van der Waals surface area contributed by atoms with Crippen molar-refractivity contribution < 1.29 is 18.0 Å². The minimum Gasteiger partial charge on any atom is -0.345 e. The smallest absolute Gasteiger partial charge is 0.345 e. The Morgan fingerprint density at radius 2 is 1.78 bits per heavy atom. The van der Waals surface area contributed by atoms with Crippen molar-refractivity contribution in [2.75, 3.05) is 13.2 Å². The zero-order valence-corrected chi connectivity index (χ0v) is 17.6. The summed E-state index contributed by atoms with van der Waals surface area (Å²) >= 11 is 12.1. The van der Waals surface area contributed by atoms with Crippen molar-refractivity contribution in [1.82, 2.24) is 9.88 Å². The fraction of sp³-hybridized carbons (Fsp3) is 0.333. The van der Waals surface area contributed by atoms with Crippen LogP contribution in [0.15, 0.2) is 36.5 Å². The van der Waals surface area contributed by atoms with Crippen LogP contribution in [0.2, 0.25) is 23.1 Å². The Bertz CT molecular complexity index is 823. The summed E-state index contributed by atoms with van der Waals surface area (Å²) in [5.74, 6) is -0.694. The lowest BCUT2D eigenvalue weighted by Crippen LogP contribution is -2.45. The average Bonchev–Trinajstić information content (AvgIpc) is 2.51. The number of hydrogen-bond acceptors (Lipinski definition) is 2. The third kappa shape index (κ3) is 5.95. The molecule has 0 aliphatic carbocycles. The van der Waals surface area contributed by atoms with Crippen molar-refractivity contribution in [1.29, 1.82) is 0 Å². The highest BCUT2D eigenvalue weighted by molar-refractivity contribution is 6.77. The van der Waals surface area contributed by atoms with Gasteiger partial charge < -0.3 is 4.90 Å². The van der Waals surface area contributed by atoms with E-state index < -0.39 is 31.4 Å². The van der Waals surface area contributed by atoms with Crippen LogP contribution in [-0.4, -0.2) is 37.1 Å². The maximum absolute atomic E-state index is 13.1. The van der Waals surface area contributed by atoms with E-state index in [4.69, 9.17) is 23.2 Å². The molecule has 27 heavy (non-hydrogen) atoms. The molecule has 0 atom stereocenters. The zero-order chi connectivity index (χ0) is 20.4. The van der Waals surface area contributed by atoms with Gasteiger partial charge in [0.15, 0.2) is 5.69 Å². The van der Waals surface area contributed by atoms with Crippen LogP contribution in [0.5, 0.6) is 0 Å². The van der Waals surface area contributed by atoms with Gasteiger partial charge in [-0.3, -0.25) is 9.78 Å². The highest BCUT2D eigenvalue weighted by atomic mass is 35.5. The quantitative estimate of drug-likeness (QED) is 0.581. The van der Waals surface area contributed by atoms with Crippen molar-refractivity contribution in [3.8, 4) is 0 Å². The van der Waals surface area contributed by atoms with Gasteiger partial charge in [0, 0.05) is 29.5 Å². The summed E-state index contributed by atoms with van der Waals surface area (Å²) in [6, 6.07) is 8.43. The first-order valence-electron chi connectivity index (χ1n) is 8.12. The molecule has 1 heterocycles. The fourth-order valence-electron chi connectivity index (χ4n) is 3.04. The minimum absolute atomic E-state index is 0.377. The number of halogens is 5. The van der Waals surface area contributed by atoms with Crippen molar-refractivity contribution in [3.63, 3.8) is 0 Å². The number of benzene rings is 1. The molecule has 1 aromatic carbocycles. The maximum atomic E-state index is 13.1. The molecule has 1 amide bonds. The predicted octanol–water partition coefficient (Wildman–Crippen LogP) is 5.51. The summed E-state index contributed by atoms with van der Waals surface area (Å²) < 4.78 is 39.4. The number of carbonyl (C=O) groups excluding carboxylic acids is 1. The second-order valence-corrected chi connectivity index (χ2v) is 13.0. The summed E-state index contributed by atoms with van der Waals surface area (Å²) in [5.41, 5.74) is -0.659. The van der Waals surface area contributed by atoms with Crippen LogP contribution in [0.4, 0.5) is 13.2 Å². The molecule has 2 rings (SSSR count). The number of hydrogen-bond donors (Lipinski definition) is 0. The van der Waals surface area contributed by atoms with Crippen LogP contribution in [0.25, 0.3) is 0 Å². The van der Waals surface area contributed by atoms with Crippen molar-refractivity contribution in [2.45, 2.75) is 25.3 Å². The van der Waals surface area contributed by atoms with Crippen LogP contribution >= 0.6 is 23.2 Å². The third-order valence-electron chi connectivity index (χ3n) is 3.92. The molecule has 0 N–H and O–H groups in total. The van der Waals surface area contributed by atoms with Gasteiger partial charge in [0.25, 0.3) is 5.91 Å². The number of carbonyl (C=O) groups is 1. The van der Waals surface area contributed by atoms with Gasteiger partial charge in [0.05, 0.1) is 13.6 Å². The molecule has 0 radical (unpaired) electrons. The van der Waals surface area contributed by atoms with Gasteiger partial charge in [-0.15, -0.1) is 0 Å². The molecule has 1 aromatic heterocycles. The van der Waals surface area contributed by atoms with Gasteiger partial charge >= 0.3 is 6.18 Å². The number of amides is 1. The molecule has 0 saturated heterocycles. The Kier molecular flexibility index (Phi) is 6.60. The largest absolute Gasteiger partial charge is 0.434 e. The minimum atomic E-state index is -4.68. The lowest BCUT2D eigenvalue weighted by molar-refractivity contribution is -0.141. The van der Waals surface area contributed by atoms with Gasteiger partial charge in [-0.1, -0.05) is 36.3 Å². The number of alkyl halides is 3. The topological polar surface area (TPSA) is 33.2 Å². The number of aromatic nitrogens is 1. The van der Waals surface area contributed by atoms with E-state index in [2.05, 4.69) is 18.1 Å². The molecule has 0 spiro atoms. The first-order valence-corrected chi connectivity index (χ1v) is 12.3. The van der Waals surface area contributed by atoms with E-state index in [9.17, 15) is 18.0 Å². The molecule has 9 heteroatoms. The lowest BCUT2D eigenvalue weighted by Gasteiger charge is -2.29. The number of pyridine rings is 1. The monoisotopic (exact) mass is 434 g/mol. The van der Waals surface area contributed by atoms with Crippen LogP contribution in [0, 0.1) is 0 Å². The SMILES string of the molecule is CN(C[Si](C)(C)Cc1cc(Cl)cc(Cl)c1)C(=O)c1cccnc1C(F)(F)F. The van der Waals surface area contributed by atoms with Crippen LogP contribution in [0.3, 0.4) is 0 Å². The molecular formula is C18H19Cl2F3N2OSi. The maximum Gasteiger partial charge on any atom is 0.434 e. The predicted molar refractivity (Wildman–Crippen MR) is 104 cm³/mol. The van der Waals surface area contributed by atoms with Crippen LogP contribution in [0.1, 0.15) is 21.6 Å². The molecular weight excluding hydrogens is 416 g/mol. The molecule has 3 nitrogen and oxygen atoms in total. The molecule has 146 valence electrons. The lowest BCUT2D eigenvalue weighted by atomic mass is 10.1. The standard InChI is InChI=1S/C18H19Cl2F3N2OSi/c1-25(17(26)15-5-4-6-24-16(15)18(21,22)23)11-27(2,3)10-12-7-13(19)9-14(20)8-12/h4-9H,10-11H2,1-3H3. The van der Waals surface area contributed by atoms with E-state index in [0.717, 1.165) is 17.8 Å². The fourth-order valence-corrected chi connectivity index (χ4v) is 6.46. The summed E-state index contributed by atoms with van der Waals surface area (Å²) in [5, 5.41) is 1.05. The highest BCUT2D eigenvalue weighted by Gasteiger charge is 2.38. The van der Waals surface area contributed by atoms with Crippen molar-refractivity contribution in [3.05, 3.63) is 63.4 Å². The molecule has 2 aromatic rings. The van der Waals surface area contributed by atoms with Gasteiger partial charge in [-0.05, 0) is 41.9 Å². The highest BCUT2D eigenvalue weighted by Crippen LogP contribution is 2.30. The zero-order valence-electron chi connectivity index (χ0n) is 15.1. The van der Waals surface area contributed by atoms with Gasteiger partial charge in [0.1, 0.15) is 0 Å². The number of nitrogens with zero attached hydrogens (tertiary/aromatic N) is 2. The van der Waals surface area contributed by atoms with E-state index in [-0.39, 0.29) is 0 Å². The van der Waals surface area contributed by atoms with E-state index >= 15 is 0 Å². The first kappa shape index (κ1) is 21.7. The molecule has 0 saturated carbocycles. The summed E-state index contributed by atoms with van der Waals surface area (Å²) in [4.78, 5) is 17.3. The second-order valence-electron chi connectivity index (χ2n) is 7.18. The Morgan fingerprint density at radius 3 is 2.33 bits per heavy atom. The van der Waals surface area contributed by atoms with Gasteiger partial charge in [-0.25, -0.2) is 0 Å². The summed E-state index contributed by atoms with van der Waals surface area (Å²) in [7, 11) is -0.517. The molecule has 0 fully saturated rings. The Labute approximate surface area is 167 Å². The molecule has 0 aliphatic heterocycles. The Morgan fingerprint density at radius 1 is 1.19 bits per heavy atom. The van der Waals surface area contributed by atoms with E-state index in [1.165, 1.54) is 18.0 Å². The normalized spacial score (nSPS) is 12.1. The van der Waals surface area contributed by atoms with Crippen LogP contribution in [-0.2, 0) is 12.2 Å². The summed E-state index contributed by atoms with van der Waals surface area (Å²) in [6.07, 6.45) is -3.28. The van der Waals surface area contributed by atoms with Gasteiger partial charge in [0.2, 0.25) is 0 Å². The molecule has 0 unspecified atom stereocenters. The molecule has 0 aliphatic rings. The van der Waals surface area contributed by atoms with E-state index in [1.807, 2.05) is 12.1 Å².